The van der Waals surface area contributed by atoms with Gasteiger partial charge in [-0.2, -0.15) is 5.10 Å². The lowest BCUT2D eigenvalue weighted by molar-refractivity contribution is -0.138. The standard InChI is InChI=1S/C19H17N3O5S/c23-14-7-6-13(8-15(14)27-11-12-4-2-1-3-5-12)10-20-22-19-21-18(26)16(28-19)9-17(24)25/h1-8,10,16,23H,9,11H2,(H,24,25)(H,21,22,26). The van der Waals surface area contributed by atoms with Crippen molar-refractivity contribution in [1.82, 2.24) is 5.32 Å². The molecule has 3 N–H and O–H groups in total. The Morgan fingerprint density at radius 3 is 2.79 bits per heavy atom. The minimum atomic E-state index is -1.05. The molecule has 2 aromatic carbocycles. The van der Waals surface area contributed by atoms with Crippen LogP contribution in [0.5, 0.6) is 11.5 Å². The van der Waals surface area contributed by atoms with Crippen molar-refractivity contribution in [2.45, 2.75) is 18.3 Å². The molecule has 28 heavy (non-hydrogen) atoms. The summed E-state index contributed by atoms with van der Waals surface area (Å²) < 4.78 is 5.64. The summed E-state index contributed by atoms with van der Waals surface area (Å²) in [6.07, 6.45) is 1.17. The van der Waals surface area contributed by atoms with Gasteiger partial charge in [0.1, 0.15) is 11.9 Å². The van der Waals surface area contributed by atoms with Gasteiger partial charge >= 0.3 is 5.97 Å². The molecule has 1 unspecified atom stereocenters. The first-order chi connectivity index (χ1) is 13.5. The number of ether oxygens (including phenoxy) is 1. The Bertz CT molecular complexity index is 930. The lowest BCUT2D eigenvalue weighted by Gasteiger charge is -2.08. The van der Waals surface area contributed by atoms with E-state index in [1.54, 1.807) is 12.1 Å². The van der Waals surface area contributed by atoms with E-state index in [9.17, 15) is 14.7 Å². The van der Waals surface area contributed by atoms with Gasteiger partial charge in [0, 0.05) is 0 Å². The SMILES string of the molecule is O=C(O)CC1SC(=NN=Cc2ccc(O)c(OCc3ccccc3)c2)NC1=O. The molecule has 0 aromatic heterocycles. The number of amidine groups is 1. The van der Waals surface area contributed by atoms with Crippen molar-refractivity contribution >= 4 is 35.0 Å². The van der Waals surface area contributed by atoms with Gasteiger partial charge in [-0.15, -0.1) is 5.10 Å². The van der Waals surface area contributed by atoms with E-state index < -0.39 is 17.1 Å². The number of rotatable bonds is 7. The number of aliphatic carboxylic acids is 1. The molecular formula is C19H17N3O5S. The number of nitrogens with zero attached hydrogens (tertiary/aromatic N) is 2. The fourth-order valence-corrected chi connectivity index (χ4v) is 3.27. The first kappa shape index (κ1) is 19.4. The zero-order chi connectivity index (χ0) is 19.9. The van der Waals surface area contributed by atoms with Crippen molar-refractivity contribution in [3.63, 3.8) is 0 Å². The van der Waals surface area contributed by atoms with Gasteiger partial charge in [0.15, 0.2) is 16.7 Å². The molecule has 1 fully saturated rings. The van der Waals surface area contributed by atoms with Crippen LogP contribution in [0.4, 0.5) is 0 Å². The second-order valence-electron chi connectivity index (χ2n) is 5.84. The Hall–Kier alpha value is -3.33. The molecule has 3 rings (SSSR count). The number of nitrogens with one attached hydrogen (secondary N) is 1. The topological polar surface area (TPSA) is 121 Å². The maximum atomic E-state index is 11.7. The van der Waals surface area contributed by atoms with Crippen LogP contribution in [0.2, 0.25) is 0 Å². The van der Waals surface area contributed by atoms with Gasteiger partial charge in [-0.1, -0.05) is 42.1 Å². The van der Waals surface area contributed by atoms with Crippen molar-refractivity contribution in [2.24, 2.45) is 10.2 Å². The molecule has 1 saturated heterocycles. The number of aromatic hydroxyl groups is 1. The molecule has 8 nitrogen and oxygen atoms in total. The number of carbonyl (C=O) groups excluding carboxylic acids is 1. The summed E-state index contributed by atoms with van der Waals surface area (Å²) in [6.45, 7) is 0.310. The summed E-state index contributed by atoms with van der Waals surface area (Å²) in [4.78, 5) is 22.4. The van der Waals surface area contributed by atoms with Gasteiger partial charge in [-0.3, -0.25) is 9.59 Å². The van der Waals surface area contributed by atoms with Crippen LogP contribution in [0.3, 0.4) is 0 Å². The normalized spacial score (nSPS) is 17.8. The molecule has 9 heteroatoms. The van der Waals surface area contributed by atoms with Crippen molar-refractivity contribution in [1.29, 1.82) is 0 Å². The number of carbonyl (C=O) groups is 2. The van der Waals surface area contributed by atoms with Crippen LogP contribution >= 0.6 is 11.8 Å². The molecule has 1 atom stereocenters. The molecule has 0 radical (unpaired) electrons. The van der Waals surface area contributed by atoms with E-state index in [4.69, 9.17) is 9.84 Å². The van der Waals surface area contributed by atoms with Gasteiger partial charge in [0.05, 0.1) is 12.6 Å². The predicted octanol–water partition coefficient (Wildman–Crippen LogP) is 2.37. The van der Waals surface area contributed by atoms with Crippen molar-refractivity contribution in [3.8, 4) is 11.5 Å². The fraction of sp³-hybridized carbons (Fsp3) is 0.158. The smallest absolute Gasteiger partial charge is 0.305 e. The highest BCUT2D eigenvalue weighted by Crippen LogP contribution is 2.27. The molecule has 1 amide bonds. The van der Waals surface area contributed by atoms with Crippen LogP contribution in [0.1, 0.15) is 17.5 Å². The van der Waals surface area contributed by atoms with Gasteiger partial charge in [0.25, 0.3) is 0 Å². The zero-order valence-corrected chi connectivity index (χ0v) is 15.4. The van der Waals surface area contributed by atoms with Crippen molar-refractivity contribution in [3.05, 3.63) is 59.7 Å². The summed E-state index contributed by atoms with van der Waals surface area (Å²) in [5.74, 6) is -1.13. The van der Waals surface area contributed by atoms with E-state index in [1.165, 1.54) is 12.3 Å². The van der Waals surface area contributed by atoms with Gasteiger partial charge in [0.2, 0.25) is 5.91 Å². The molecular weight excluding hydrogens is 382 g/mol. The average molecular weight is 399 g/mol. The minimum Gasteiger partial charge on any atom is -0.504 e. The zero-order valence-electron chi connectivity index (χ0n) is 14.6. The highest BCUT2D eigenvalue weighted by atomic mass is 32.2. The van der Waals surface area contributed by atoms with E-state index in [1.807, 2.05) is 30.3 Å². The molecule has 0 aliphatic carbocycles. The third-order valence-electron chi connectivity index (χ3n) is 3.71. The summed E-state index contributed by atoms with van der Waals surface area (Å²) in [5.41, 5.74) is 1.61. The van der Waals surface area contributed by atoms with Crippen LogP contribution in [0, 0.1) is 0 Å². The Morgan fingerprint density at radius 1 is 1.25 bits per heavy atom. The maximum absolute atomic E-state index is 11.7. The third-order valence-corrected chi connectivity index (χ3v) is 4.79. The van der Waals surface area contributed by atoms with Gasteiger partial charge < -0.3 is 20.3 Å². The minimum absolute atomic E-state index is 0.00881. The second-order valence-corrected chi connectivity index (χ2v) is 7.04. The van der Waals surface area contributed by atoms with Crippen molar-refractivity contribution < 1.29 is 24.5 Å². The maximum Gasteiger partial charge on any atom is 0.305 e. The van der Waals surface area contributed by atoms with E-state index in [0.29, 0.717) is 17.9 Å². The van der Waals surface area contributed by atoms with Crippen LogP contribution in [-0.2, 0) is 16.2 Å². The molecule has 144 valence electrons. The third kappa shape index (κ3) is 5.34. The average Bonchev–Trinajstić information content (AvgIpc) is 3.01. The molecule has 0 spiro atoms. The quantitative estimate of drug-likeness (QED) is 0.486. The lowest BCUT2D eigenvalue weighted by Crippen LogP contribution is -2.26. The van der Waals surface area contributed by atoms with E-state index in [0.717, 1.165) is 17.3 Å². The number of phenolic OH excluding ortho intramolecular Hbond substituents is 1. The van der Waals surface area contributed by atoms with Crippen LogP contribution in [0.15, 0.2) is 58.7 Å². The Morgan fingerprint density at radius 2 is 2.04 bits per heavy atom. The number of benzene rings is 2. The highest BCUT2D eigenvalue weighted by molar-refractivity contribution is 8.15. The van der Waals surface area contributed by atoms with E-state index in [2.05, 4.69) is 15.5 Å². The van der Waals surface area contributed by atoms with E-state index in [-0.39, 0.29) is 17.3 Å². The van der Waals surface area contributed by atoms with Crippen molar-refractivity contribution in [2.75, 3.05) is 0 Å². The number of amides is 1. The lowest BCUT2D eigenvalue weighted by atomic mass is 10.2. The molecule has 0 bridgehead atoms. The first-order valence-corrected chi connectivity index (χ1v) is 9.19. The number of thioether (sulfide) groups is 1. The summed E-state index contributed by atoms with van der Waals surface area (Å²) in [7, 11) is 0. The highest BCUT2D eigenvalue weighted by Gasteiger charge is 2.32. The molecule has 2 aromatic rings. The molecule has 1 heterocycles. The Labute approximate surface area is 164 Å². The fourth-order valence-electron chi connectivity index (χ4n) is 2.36. The summed E-state index contributed by atoms with van der Waals surface area (Å²) >= 11 is 1.02. The first-order valence-electron chi connectivity index (χ1n) is 8.31. The molecule has 1 aliphatic heterocycles. The van der Waals surface area contributed by atoms with Gasteiger partial charge in [-0.25, -0.2) is 0 Å². The van der Waals surface area contributed by atoms with E-state index >= 15 is 0 Å². The Kier molecular flexibility index (Phi) is 6.28. The molecule has 1 aliphatic rings. The van der Waals surface area contributed by atoms with Gasteiger partial charge in [-0.05, 0) is 29.3 Å². The molecule has 0 saturated carbocycles. The monoisotopic (exact) mass is 399 g/mol. The number of hydrogen-bond acceptors (Lipinski definition) is 7. The number of carboxylic acid groups (broad SMARTS) is 1. The summed E-state index contributed by atoms with van der Waals surface area (Å²) in [6, 6.07) is 14.3. The summed E-state index contributed by atoms with van der Waals surface area (Å²) in [5, 5.41) is 28.5. The predicted molar refractivity (Wildman–Crippen MR) is 106 cm³/mol. The number of carboxylic acids is 1. The second kappa shape index (κ2) is 9.05. The Balaban J connectivity index is 1.63. The number of phenols is 1. The van der Waals surface area contributed by atoms with Crippen LogP contribution < -0.4 is 10.1 Å². The largest absolute Gasteiger partial charge is 0.504 e. The van der Waals surface area contributed by atoms with Crippen LogP contribution in [-0.4, -0.2) is 38.7 Å². The van der Waals surface area contributed by atoms with Crippen LogP contribution in [0.25, 0.3) is 0 Å². The number of hydrogen-bond donors (Lipinski definition) is 3.